The highest BCUT2D eigenvalue weighted by molar-refractivity contribution is 7.89. The van der Waals surface area contributed by atoms with Crippen molar-refractivity contribution in [2.45, 2.75) is 44.0 Å². The van der Waals surface area contributed by atoms with Gasteiger partial charge in [-0.15, -0.1) is 11.3 Å². The van der Waals surface area contributed by atoms with Crippen molar-refractivity contribution in [3.63, 3.8) is 0 Å². The monoisotopic (exact) mass is 494 g/mol. The largest absolute Gasteiger partial charge is 0.465 e. The molecule has 0 saturated carbocycles. The molecule has 1 aromatic heterocycles. The molecule has 2 aromatic rings. The van der Waals surface area contributed by atoms with Crippen molar-refractivity contribution >= 4 is 44.2 Å². The van der Waals surface area contributed by atoms with E-state index in [1.165, 1.54) is 30.6 Å². The number of thiophene rings is 1. The fourth-order valence-corrected chi connectivity index (χ4v) is 6.35. The fourth-order valence-electron chi connectivity index (χ4n) is 3.61. The van der Waals surface area contributed by atoms with Gasteiger partial charge in [0.05, 0.1) is 17.6 Å². The molecule has 2 heterocycles. The minimum atomic E-state index is -3.88. The number of rotatable bonds is 7. The third kappa shape index (κ3) is 5.43. The smallest absolute Gasteiger partial charge is 0.341 e. The van der Waals surface area contributed by atoms with Gasteiger partial charge in [0, 0.05) is 11.4 Å². The van der Waals surface area contributed by atoms with Crippen LogP contribution in [0.3, 0.4) is 0 Å². The van der Waals surface area contributed by atoms with Crippen molar-refractivity contribution in [2.75, 3.05) is 25.6 Å². The summed E-state index contributed by atoms with van der Waals surface area (Å²) in [5, 5.41) is 2.89. The van der Waals surface area contributed by atoms with Crippen LogP contribution in [0.25, 0.3) is 0 Å². The van der Waals surface area contributed by atoms with Crippen LogP contribution >= 0.6 is 11.3 Å². The molecule has 0 aliphatic carbocycles. The van der Waals surface area contributed by atoms with Gasteiger partial charge in [-0.05, 0) is 50.8 Å². The zero-order valence-corrected chi connectivity index (χ0v) is 20.3. The van der Waals surface area contributed by atoms with E-state index in [0.717, 1.165) is 9.18 Å². The van der Waals surface area contributed by atoms with Crippen LogP contribution in [0, 0.1) is 13.8 Å². The first kappa shape index (κ1) is 24.9. The summed E-state index contributed by atoms with van der Waals surface area (Å²) in [6.07, 6.45) is 1.61. The van der Waals surface area contributed by atoms with Crippen LogP contribution in [0.2, 0.25) is 0 Å². The van der Waals surface area contributed by atoms with Crippen LogP contribution in [0.1, 0.15) is 40.1 Å². The quantitative estimate of drug-likeness (QED) is 0.588. The number of ether oxygens (including phenoxy) is 2. The first-order chi connectivity index (χ1) is 15.7. The minimum absolute atomic E-state index is 0.0983. The summed E-state index contributed by atoms with van der Waals surface area (Å²) in [4.78, 5) is 38.2. The Hall–Kier alpha value is -2.76. The van der Waals surface area contributed by atoms with Gasteiger partial charge in [0.1, 0.15) is 11.0 Å². The molecule has 1 saturated heterocycles. The highest BCUT2D eigenvalue weighted by Gasteiger charge is 2.38. The van der Waals surface area contributed by atoms with Gasteiger partial charge in [-0.2, -0.15) is 4.31 Å². The molecule has 1 N–H and O–H groups in total. The summed E-state index contributed by atoms with van der Waals surface area (Å²) in [6, 6.07) is 6.89. The Morgan fingerprint density at radius 1 is 1.15 bits per heavy atom. The van der Waals surface area contributed by atoms with E-state index in [2.05, 4.69) is 5.32 Å². The van der Waals surface area contributed by atoms with Crippen molar-refractivity contribution in [3.8, 4) is 0 Å². The topological polar surface area (TPSA) is 119 Å². The molecule has 1 fully saturated rings. The van der Waals surface area contributed by atoms with Gasteiger partial charge in [0.2, 0.25) is 10.0 Å². The number of hydrogen-bond acceptors (Lipinski definition) is 8. The Balaban J connectivity index is 1.68. The molecular weight excluding hydrogens is 468 g/mol. The van der Waals surface area contributed by atoms with Crippen molar-refractivity contribution < 1.29 is 32.3 Å². The number of sulfonamides is 1. The number of carbonyl (C=O) groups is 3. The normalized spacial score (nSPS) is 16.8. The zero-order valence-electron chi connectivity index (χ0n) is 18.6. The van der Waals surface area contributed by atoms with Crippen LogP contribution in [-0.4, -0.2) is 56.9 Å². The van der Waals surface area contributed by atoms with Gasteiger partial charge < -0.3 is 14.8 Å². The Morgan fingerprint density at radius 3 is 2.52 bits per heavy atom. The number of amides is 1. The lowest BCUT2D eigenvalue weighted by atomic mass is 10.1. The van der Waals surface area contributed by atoms with Gasteiger partial charge in [-0.3, -0.25) is 9.59 Å². The first-order valence-electron chi connectivity index (χ1n) is 10.4. The molecule has 1 aromatic carbocycles. The van der Waals surface area contributed by atoms with Gasteiger partial charge >= 0.3 is 11.9 Å². The standard InChI is InChI=1S/C22H26N2O7S2/c1-14-15(2)32-20(19(14)22(27)30-3)23-18(25)13-31-21(26)17-11-7-8-12-24(17)33(28,29)16-9-5-4-6-10-16/h4-6,9-10,17H,7-8,11-13H2,1-3H3,(H,23,25). The average molecular weight is 495 g/mol. The Kier molecular flexibility index (Phi) is 7.88. The van der Waals surface area contributed by atoms with E-state index in [1.807, 2.05) is 6.92 Å². The molecule has 33 heavy (non-hydrogen) atoms. The molecule has 3 rings (SSSR count). The SMILES string of the molecule is COC(=O)c1c(NC(=O)COC(=O)C2CCCCN2S(=O)(=O)c2ccccc2)sc(C)c1C. The van der Waals surface area contributed by atoms with Crippen molar-refractivity contribution in [1.82, 2.24) is 4.31 Å². The number of nitrogens with one attached hydrogen (secondary N) is 1. The van der Waals surface area contributed by atoms with E-state index in [1.54, 1.807) is 25.1 Å². The number of hydrogen-bond donors (Lipinski definition) is 1. The van der Waals surface area contributed by atoms with Crippen LogP contribution in [-0.2, 0) is 29.1 Å². The number of aryl methyl sites for hydroxylation is 1. The van der Waals surface area contributed by atoms with Crippen molar-refractivity contribution in [1.29, 1.82) is 0 Å². The van der Waals surface area contributed by atoms with Crippen LogP contribution in [0.15, 0.2) is 35.2 Å². The summed E-state index contributed by atoms with van der Waals surface area (Å²) in [5.41, 5.74) is 0.954. The predicted molar refractivity (Wildman–Crippen MR) is 123 cm³/mol. The van der Waals surface area contributed by atoms with E-state index in [4.69, 9.17) is 9.47 Å². The van der Waals surface area contributed by atoms with Gasteiger partial charge in [-0.1, -0.05) is 18.2 Å². The molecule has 1 amide bonds. The van der Waals surface area contributed by atoms with Crippen LogP contribution < -0.4 is 5.32 Å². The number of anilines is 1. The zero-order chi connectivity index (χ0) is 24.2. The number of benzene rings is 1. The second kappa shape index (κ2) is 10.4. The average Bonchev–Trinajstić information content (AvgIpc) is 3.10. The molecule has 0 bridgehead atoms. The second-order valence-corrected chi connectivity index (χ2v) is 10.7. The first-order valence-corrected chi connectivity index (χ1v) is 12.6. The molecule has 0 spiro atoms. The number of carbonyl (C=O) groups excluding carboxylic acids is 3. The minimum Gasteiger partial charge on any atom is -0.465 e. The maximum Gasteiger partial charge on any atom is 0.341 e. The summed E-state index contributed by atoms with van der Waals surface area (Å²) in [7, 11) is -2.63. The number of nitrogens with zero attached hydrogens (tertiary/aromatic N) is 1. The lowest BCUT2D eigenvalue weighted by molar-refractivity contribution is -0.152. The molecule has 9 nitrogen and oxygen atoms in total. The molecule has 0 radical (unpaired) electrons. The molecule has 1 aliphatic heterocycles. The maximum atomic E-state index is 13.0. The van der Waals surface area contributed by atoms with E-state index in [-0.39, 0.29) is 17.0 Å². The van der Waals surface area contributed by atoms with E-state index >= 15 is 0 Å². The highest BCUT2D eigenvalue weighted by atomic mass is 32.2. The summed E-state index contributed by atoms with van der Waals surface area (Å²) in [6.45, 7) is 3.15. The van der Waals surface area contributed by atoms with Crippen molar-refractivity contribution in [3.05, 3.63) is 46.3 Å². The Bertz CT molecular complexity index is 1140. The third-order valence-corrected chi connectivity index (χ3v) is 8.49. The summed E-state index contributed by atoms with van der Waals surface area (Å²) >= 11 is 1.22. The second-order valence-electron chi connectivity index (χ2n) is 7.58. The lowest BCUT2D eigenvalue weighted by Crippen LogP contribution is -2.48. The van der Waals surface area contributed by atoms with E-state index in [0.29, 0.717) is 29.8 Å². The van der Waals surface area contributed by atoms with Gasteiger partial charge in [0.15, 0.2) is 6.61 Å². The van der Waals surface area contributed by atoms with Crippen LogP contribution in [0.5, 0.6) is 0 Å². The third-order valence-electron chi connectivity index (χ3n) is 5.45. The number of methoxy groups -OCH3 is 1. The maximum absolute atomic E-state index is 13.0. The molecule has 11 heteroatoms. The Morgan fingerprint density at radius 2 is 1.85 bits per heavy atom. The molecule has 1 aliphatic rings. The summed E-state index contributed by atoms with van der Waals surface area (Å²) in [5.74, 6) is -1.99. The number of piperidine rings is 1. The molecule has 1 unspecified atom stereocenters. The molecule has 178 valence electrons. The predicted octanol–water partition coefficient (Wildman–Crippen LogP) is 2.88. The lowest BCUT2D eigenvalue weighted by Gasteiger charge is -2.32. The van der Waals surface area contributed by atoms with E-state index < -0.39 is 40.5 Å². The molecule has 1 atom stereocenters. The van der Waals surface area contributed by atoms with Gasteiger partial charge in [-0.25, -0.2) is 13.2 Å². The summed E-state index contributed by atoms with van der Waals surface area (Å²) < 4.78 is 37.2. The van der Waals surface area contributed by atoms with E-state index in [9.17, 15) is 22.8 Å². The highest BCUT2D eigenvalue weighted by Crippen LogP contribution is 2.33. The molecular formula is C22H26N2O7S2. The fraction of sp³-hybridized carbons (Fsp3) is 0.409. The Labute approximate surface area is 196 Å². The van der Waals surface area contributed by atoms with Crippen molar-refractivity contribution in [2.24, 2.45) is 0 Å². The van der Waals surface area contributed by atoms with Gasteiger partial charge in [0.25, 0.3) is 5.91 Å². The number of esters is 2. The van der Waals surface area contributed by atoms with Crippen LogP contribution in [0.4, 0.5) is 5.00 Å².